The minimum atomic E-state index is -3.02. The standard InChI is InChI=1S/C20H28N2O4S/c1-26-13-12-22(19-9-14-27(24,25)16-19)20(23)15-21-10-7-18(8-11-21)17-5-3-2-4-6-17/h2-7,19H,8-16H2,1H3/p+1/t19-/m1/s1. The van der Waals surface area contributed by atoms with Crippen molar-refractivity contribution in [2.75, 3.05) is 51.4 Å². The molecule has 6 nitrogen and oxygen atoms in total. The monoisotopic (exact) mass is 393 g/mol. The van der Waals surface area contributed by atoms with Crippen LogP contribution in [0.3, 0.4) is 0 Å². The van der Waals surface area contributed by atoms with E-state index in [2.05, 4.69) is 18.2 Å². The van der Waals surface area contributed by atoms with Crippen molar-refractivity contribution in [2.24, 2.45) is 0 Å². The molecule has 0 radical (unpaired) electrons. The number of nitrogens with one attached hydrogen (secondary N) is 1. The van der Waals surface area contributed by atoms with Gasteiger partial charge in [-0.05, 0) is 23.6 Å². The maximum absolute atomic E-state index is 12.9. The molecule has 1 aromatic rings. The molecule has 0 aromatic heterocycles. The van der Waals surface area contributed by atoms with E-state index in [0.717, 1.165) is 19.5 Å². The van der Waals surface area contributed by atoms with Crippen LogP contribution in [0.1, 0.15) is 18.4 Å². The van der Waals surface area contributed by atoms with Crippen LogP contribution in [0, 0.1) is 0 Å². The Kier molecular flexibility index (Phi) is 6.68. The number of benzene rings is 1. The molecule has 0 spiro atoms. The van der Waals surface area contributed by atoms with Gasteiger partial charge in [-0.2, -0.15) is 0 Å². The summed E-state index contributed by atoms with van der Waals surface area (Å²) in [5.41, 5.74) is 2.59. The molecule has 7 heteroatoms. The largest absolute Gasteiger partial charge is 0.383 e. The van der Waals surface area contributed by atoms with Crippen LogP contribution in [-0.2, 0) is 19.4 Å². The lowest BCUT2D eigenvalue weighted by Gasteiger charge is -2.30. The van der Waals surface area contributed by atoms with Crippen LogP contribution in [-0.4, -0.2) is 76.7 Å². The lowest BCUT2D eigenvalue weighted by molar-refractivity contribution is -0.887. The Balaban J connectivity index is 1.60. The second-order valence-electron chi connectivity index (χ2n) is 7.36. The highest BCUT2D eigenvalue weighted by molar-refractivity contribution is 7.91. The molecule has 0 bridgehead atoms. The maximum Gasteiger partial charge on any atom is 0.278 e. The molecule has 0 aliphatic carbocycles. The fourth-order valence-electron chi connectivity index (χ4n) is 3.90. The summed E-state index contributed by atoms with van der Waals surface area (Å²) in [7, 11) is -1.42. The van der Waals surface area contributed by atoms with Crippen molar-refractivity contribution in [1.29, 1.82) is 0 Å². The van der Waals surface area contributed by atoms with Crippen molar-refractivity contribution in [3.63, 3.8) is 0 Å². The minimum absolute atomic E-state index is 0.0284. The number of amides is 1. The molecule has 1 aromatic carbocycles. The molecule has 1 N–H and O–H groups in total. The summed E-state index contributed by atoms with van der Waals surface area (Å²) in [5, 5.41) is 0. The molecule has 27 heavy (non-hydrogen) atoms. The number of sulfone groups is 1. The SMILES string of the molecule is COCCN(C(=O)C[NH+]1CC=C(c2ccccc2)CC1)[C@@H]1CCS(=O)(=O)C1. The number of hydrogen-bond acceptors (Lipinski definition) is 4. The second kappa shape index (κ2) is 8.99. The average molecular weight is 394 g/mol. The predicted octanol–water partition coefficient (Wildman–Crippen LogP) is 0.0207. The van der Waals surface area contributed by atoms with Gasteiger partial charge in [0.15, 0.2) is 16.4 Å². The fourth-order valence-corrected chi connectivity index (χ4v) is 5.63. The Morgan fingerprint density at radius 1 is 1.30 bits per heavy atom. The highest BCUT2D eigenvalue weighted by Gasteiger charge is 2.35. The van der Waals surface area contributed by atoms with Gasteiger partial charge in [-0.1, -0.05) is 30.3 Å². The van der Waals surface area contributed by atoms with Gasteiger partial charge in [0.05, 0.1) is 31.2 Å². The molecular formula is C20H29N2O4S+. The van der Waals surface area contributed by atoms with Crippen molar-refractivity contribution in [1.82, 2.24) is 4.90 Å². The zero-order chi connectivity index (χ0) is 19.3. The third kappa shape index (κ3) is 5.40. The molecule has 1 amide bonds. The summed E-state index contributed by atoms with van der Waals surface area (Å²) in [4.78, 5) is 15.9. The molecule has 2 aliphatic rings. The molecule has 2 aliphatic heterocycles. The van der Waals surface area contributed by atoms with E-state index in [1.54, 1.807) is 12.0 Å². The van der Waals surface area contributed by atoms with E-state index in [-0.39, 0.29) is 23.5 Å². The minimum Gasteiger partial charge on any atom is -0.383 e. The van der Waals surface area contributed by atoms with Gasteiger partial charge in [0.1, 0.15) is 0 Å². The van der Waals surface area contributed by atoms with Crippen LogP contribution in [0.25, 0.3) is 5.57 Å². The Hall–Kier alpha value is -1.70. The zero-order valence-corrected chi connectivity index (χ0v) is 16.7. The predicted molar refractivity (Wildman–Crippen MR) is 105 cm³/mol. The highest BCUT2D eigenvalue weighted by Crippen LogP contribution is 2.19. The average Bonchev–Trinajstić information content (AvgIpc) is 3.03. The Morgan fingerprint density at radius 2 is 2.07 bits per heavy atom. The molecule has 0 saturated carbocycles. The number of ether oxygens (including phenoxy) is 1. The van der Waals surface area contributed by atoms with Crippen molar-refractivity contribution in [2.45, 2.75) is 18.9 Å². The normalized spacial score (nSPS) is 24.4. The smallest absolute Gasteiger partial charge is 0.278 e. The first kappa shape index (κ1) is 20.0. The van der Waals surface area contributed by atoms with Gasteiger partial charge in [-0.25, -0.2) is 8.42 Å². The molecule has 1 saturated heterocycles. The molecule has 148 valence electrons. The summed E-state index contributed by atoms with van der Waals surface area (Å²) in [6, 6.07) is 10.1. The molecule has 3 rings (SSSR count). The fraction of sp³-hybridized carbons (Fsp3) is 0.550. The van der Waals surface area contributed by atoms with Crippen molar-refractivity contribution >= 4 is 21.3 Å². The first-order chi connectivity index (χ1) is 13.0. The van der Waals surface area contributed by atoms with Crippen LogP contribution < -0.4 is 4.90 Å². The van der Waals surface area contributed by atoms with E-state index >= 15 is 0 Å². The number of carbonyl (C=O) groups excluding carboxylic acids is 1. The Bertz CT molecular complexity index is 776. The van der Waals surface area contributed by atoms with Gasteiger partial charge in [-0.3, -0.25) is 4.79 Å². The summed E-state index contributed by atoms with van der Waals surface area (Å²) < 4.78 is 28.8. The Morgan fingerprint density at radius 3 is 2.67 bits per heavy atom. The van der Waals surface area contributed by atoms with Crippen LogP contribution in [0.4, 0.5) is 0 Å². The van der Waals surface area contributed by atoms with Gasteiger partial charge < -0.3 is 14.5 Å². The van der Waals surface area contributed by atoms with Crippen LogP contribution >= 0.6 is 0 Å². The Labute approximate surface area is 161 Å². The van der Waals surface area contributed by atoms with Crippen molar-refractivity contribution in [3.8, 4) is 0 Å². The van der Waals surface area contributed by atoms with Crippen LogP contribution in [0.5, 0.6) is 0 Å². The molecule has 1 fully saturated rings. The van der Waals surface area contributed by atoms with Gasteiger partial charge in [0.25, 0.3) is 5.91 Å². The lowest BCUT2D eigenvalue weighted by atomic mass is 9.99. The number of methoxy groups -OCH3 is 1. The number of hydrogen-bond donors (Lipinski definition) is 1. The van der Waals surface area contributed by atoms with E-state index < -0.39 is 9.84 Å². The number of quaternary nitrogens is 1. The van der Waals surface area contributed by atoms with Crippen molar-refractivity contribution < 1.29 is 22.8 Å². The molecule has 2 heterocycles. The third-order valence-electron chi connectivity index (χ3n) is 5.44. The van der Waals surface area contributed by atoms with Gasteiger partial charge in [0, 0.05) is 26.1 Å². The van der Waals surface area contributed by atoms with Crippen LogP contribution in [0.2, 0.25) is 0 Å². The van der Waals surface area contributed by atoms with Gasteiger partial charge >= 0.3 is 0 Å². The molecule has 1 unspecified atom stereocenters. The van der Waals surface area contributed by atoms with E-state index in [1.807, 2.05) is 18.2 Å². The highest BCUT2D eigenvalue weighted by atomic mass is 32.2. The molecular weight excluding hydrogens is 364 g/mol. The number of carbonyl (C=O) groups is 1. The quantitative estimate of drug-likeness (QED) is 0.709. The number of nitrogens with zero attached hydrogens (tertiary/aromatic N) is 1. The second-order valence-corrected chi connectivity index (χ2v) is 9.59. The van der Waals surface area contributed by atoms with Crippen molar-refractivity contribution in [3.05, 3.63) is 42.0 Å². The van der Waals surface area contributed by atoms with E-state index in [0.29, 0.717) is 26.1 Å². The van der Waals surface area contributed by atoms with Gasteiger partial charge in [0.2, 0.25) is 0 Å². The van der Waals surface area contributed by atoms with E-state index in [4.69, 9.17) is 4.74 Å². The van der Waals surface area contributed by atoms with Crippen LogP contribution in [0.15, 0.2) is 36.4 Å². The molecule has 2 atom stereocenters. The first-order valence-corrected chi connectivity index (χ1v) is 11.4. The van der Waals surface area contributed by atoms with Gasteiger partial charge in [-0.15, -0.1) is 0 Å². The third-order valence-corrected chi connectivity index (χ3v) is 7.19. The lowest BCUT2D eigenvalue weighted by Crippen LogP contribution is -3.13. The zero-order valence-electron chi connectivity index (χ0n) is 15.9. The van der Waals surface area contributed by atoms with E-state index in [9.17, 15) is 13.2 Å². The summed E-state index contributed by atoms with van der Waals surface area (Å²) in [5.74, 6) is 0.282. The summed E-state index contributed by atoms with van der Waals surface area (Å²) >= 11 is 0. The summed E-state index contributed by atoms with van der Waals surface area (Å²) in [6.07, 6.45) is 3.70. The number of rotatable bonds is 7. The summed E-state index contributed by atoms with van der Waals surface area (Å²) in [6.45, 7) is 3.01. The first-order valence-electron chi connectivity index (χ1n) is 9.55. The maximum atomic E-state index is 12.9. The van der Waals surface area contributed by atoms with E-state index in [1.165, 1.54) is 16.0 Å². The topological polar surface area (TPSA) is 68.1 Å².